The maximum absolute atomic E-state index is 6.26. The van der Waals surface area contributed by atoms with Crippen molar-refractivity contribution >= 4 is 11.4 Å². The van der Waals surface area contributed by atoms with Gasteiger partial charge < -0.3 is 10.6 Å². The predicted molar refractivity (Wildman–Crippen MR) is 80.8 cm³/mol. The van der Waals surface area contributed by atoms with Gasteiger partial charge >= 0.3 is 0 Å². The Balaban J connectivity index is 2.05. The molecule has 0 radical (unpaired) electrons. The van der Waals surface area contributed by atoms with Crippen LogP contribution in [0.4, 0.5) is 11.4 Å². The molecular weight excluding hydrogens is 232 g/mol. The van der Waals surface area contributed by atoms with E-state index in [1.165, 1.54) is 22.5 Å². The SMILES string of the molecule is CC[C@@H](N)c1ccccc1N1CCc2ccccc21. The van der Waals surface area contributed by atoms with Crippen LogP contribution in [0.25, 0.3) is 0 Å². The van der Waals surface area contributed by atoms with E-state index in [1.54, 1.807) is 0 Å². The zero-order valence-corrected chi connectivity index (χ0v) is 11.3. The van der Waals surface area contributed by atoms with E-state index >= 15 is 0 Å². The van der Waals surface area contributed by atoms with Gasteiger partial charge in [0.2, 0.25) is 0 Å². The van der Waals surface area contributed by atoms with Crippen molar-refractivity contribution in [3.8, 4) is 0 Å². The third-order valence-corrected chi connectivity index (χ3v) is 3.95. The first-order valence-corrected chi connectivity index (χ1v) is 7.01. The van der Waals surface area contributed by atoms with Gasteiger partial charge in [-0.2, -0.15) is 0 Å². The average molecular weight is 252 g/mol. The Bertz CT molecular complexity index is 577. The van der Waals surface area contributed by atoms with Gasteiger partial charge in [0, 0.05) is 24.0 Å². The molecule has 1 aliphatic heterocycles. The zero-order valence-electron chi connectivity index (χ0n) is 11.3. The molecule has 0 unspecified atom stereocenters. The van der Waals surface area contributed by atoms with E-state index < -0.39 is 0 Å². The molecule has 0 fully saturated rings. The van der Waals surface area contributed by atoms with Gasteiger partial charge in [-0.3, -0.25) is 0 Å². The molecule has 1 atom stereocenters. The van der Waals surface area contributed by atoms with Gasteiger partial charge in [-0.05, 0) is 36.1 Å². The number of rotatable bonds is 3. The summed E-state index contributed by atoms with van der Waals surface area (Å²) in [6.45, 7) is 3.19. The Morgan fingerprint density at radius 3 is 2.53 bits per heavy atom. The fourth-order valence-electron chi connectivity index (χ4n) is 2.86. The largest absolute Gasteiger partial charge is 0.341 e. The van der Waals surface area contributed by atoms with Gasteiger partial charge in [0.15, 0.2) is 0 Å². The van der Waals surface area contributed by atoms with Crippen LogP contribution in [0.5, 0.6) is 0 Å². The molecule has 19 heavy (non-hydrogen) atoms. The smallest absolute Gasteiger partial charge is 0.0459 e. The molecule has 1 heterocycles. The van der Waals surface area contributed by atoms with Crippen molar-refractivity contribution < 1.29 is 0 Å². The molecule has 0 amide bonds. The van der Waals surface area contributed by atoms with E-state index in [0.717, 1.165) is 19.4 Å². The lowest BCUT2D eigenvalue weighted by atomic mass is 10.0. The van der Waals surface area contributed by atoms with E-state index in [4.69, 9.17) is 5.73 Å². The summed E-state index contributed by atoms with van der Waals surface area (Å²) in [7, 11) is 0. The number of anilines is 2. The summed E-state index contributed by atoms with van der Waals surface area (Å²) in [6.07, 6.45) is 2.08. The van der Waals surface area contributed by atoms with Gasteiger partial charge in [-0.25, -0.2) is 0 Å². The first kappa shape index (κ1) is 12.2. The number of hydrogen-bond acceptors (Lipinski definition) is 2. The van der Waals surface area contributed by atoms with Crippen LogP contribution in [0.2, 0.25) is 0 Å². The van der Waals surface area contributed by atoms with Crippen molar-refractivity contribution in [2.45, 2.75) is 25.8 Å². The van der Waals surface area contributed by atoms with Crippen LogP contribution in [0.15, 0.2) is 48.5 Å². The second-order valence-corrected chi connectivity index (χ2v) is 5.10. The Labute approximate surface area is 114 Å². The maximum Gasteiger partial charge on any atom is 0.0459 e. The number of nitrogens with zero attached hydrogens (tertiary/aromatic N) is 1. The van der Waals surface area contributed by atoms with Gasteiger partial charge in [-0.1, -0.05) is 43.3 Å². The van der Waals surface area contributed by atoms with Crippen LogP contribution in [-0.4, -0.2) is 6.54 Å². The van der Waals surface area contributed by atoms with Gasteiger partial charge in [0.05, 0.1) is 0 Å². The highest BCUT2D eigenvalue weighted by atomic mass is 15.2. The van der Waals surface area contributed by atoms with E-state index in [1.807, 2.05) is 0 Å². The van der Waals surface area contributed by atoms with E-state index in [-0.39, 0.29) is 6.04 Å². The molecule has 2 nitrogen and oxygen atoms in total. The number of hydrogen-bond donors (Lipinski definition) is 1. The molecule has 0 saturated heterocycles. The highest BCUT2D eigenvalue weighted by Crippen LogP contribution is 2.37. The fraction of sp³-hybridized carbons (Fsp3) is 0.294. The molecule has 0 bridgehead atoms. The number of para-hydroxylation sites is 2. The molecule has 2 N–H and O–H groups in total. The lowest BCUT2D eigenvalue weighted by Gasteiger charge is -2.25. The molecule has 0 saturated carbocycles. The fourth-order valence-corrected chi connectivity index (χ4v) is 2.86. The molecule has 0 aromatic heterocycles. The first-order chi connectivity index (χ1) is 9.31. The molecule has 2 aromatic carbocycles. The monoisotopic (exact) mass is 252 g/mol. The quantitative estimate of drug-likeness (QED) is 0.900. The predicted octanol–water partition coefficient (Wildman–Crippen LogP) is 3.79. The van der Waals surface area contributed by atoms with E-state index in [9.17, 15) is 0 Å². The van der Waals surface area contributed by atoms with Crippen molar-refractivity contribution in [1.82, 2.24) is 0 Å². The Kier molecular flexibility index (Phi) is 3.26. The minimum Gasteiger partial charge on any atom is -0.341 e. The molecule has 0 spiro atoms. The van der Waals surface area contributed by atoms with Gasteiger partial charge in [-0.15, -0.1) is 0 Å². The number of nitrogens with two attached hydrogens (primary N) is 1. The summed E-state index contributed by atoms with van der Waals surface area (Å²) in [6, 6.07) is 17.3. The van der Waals surface area contributed by atoms with Crippen LogP contribution < -0.4 is 10.6 Å². The van der Waals surface area contributed by atoms with Crippen molar-refractivity contribution in [2.24, 2.45) is 5.73 Å². The standard InChI is InChI=1S/C17H20N2/c1-2-15(18)14-8-4-6-10-17(14)19-12-11-13-7-3-5-9-16(13)19/h3-10,15H,2,11-12,18H2,1H3/t15-/m1/s1. The van der Waals surface area contributed by atoms with Crippen molar-refractivity contribution in [3.05, 3.63) is 59.7 Å². The molecule has 98 valence electrons. The van der Waals surface area contributed by atoms with E-state index in [2.05, 4.69) is 60.4 Å². The van der Waals surface area contributed by atoms with Gasteiger partial charge in [0.1, 0.15) is 0 Å². The number of fused-ring (bicyclic) bond motifs is 1. The van der Waals surface area contributed by atoms with Crippen molar-refractivity contribution in [1.29, 1.82) is 0 Å². The summed E-state index contributed by atoms with van der Waals surface area (Å²) in [4.78, 5) is 2.40. The highest BCUT2D eigenvalue weighted by molar-refractivity contribution is 5.72. The third kappa shape index (κ3) is 2.13. The zero-order chi connectivity index (χ0) is 13.2. The number of benzene rings is 2. The van der Waals surface area contributed by atoms with Gasteiger partial charge in [0.25, 0.3) is 0 Å². The van der Waals surface area contributed by atoms with Crippen LogP contribution >= 0.6 is 0 Å². The second-order valence-electron chi connectivity index (χ2n) is 5.10. The summed E-state index contributed by atoms with van der Waals surface area (Å²) in [5, 5.41) is 0. The Morgan fingerprint density at radius 2 is 1.74 bits per heavy atom. The van der Waals surface area contributed by atoms with Crippen LogP contribution in [0.1, 0.15) is 30.5 Å². The van der Waals surface area contributed by atoms with Crippen LogP contribution in [0, 0.1) is 0 Å². The minimum absolute atomic E-state index is 0.115. The molecular formula is C17H20N2. The highest BCUT2D eigenvalue weighted by Gasteiger charge is 2.22. The lowest BCUT2D eigenvalue weighted by Crippen LogP contribution is -2.18. The summed E-state index contributed by atoms with van der Waals surface area (Å²) in [5.74, 6) is 0. The molecule has 2 aromatic rings. The molecule has 0 aliphatic carbocycles. The van der Waals surface area contributed by atoms with Crippen LogP contribution in [0.3, 0.4) is 0 Å². The summed E-state index contributed by atoms with van der Waals surface area (Å²) >= 11 is 0. The molecule has 2 heteroatoms. The third-order valence-electron chi connectivity index (χ3n) is 3.95. The summed E-state index contributed by atoms with van der Waals surface area (Å²) in [5.41, 5.74) is 11.5. The second kappa shape index (κ2) is 5.06. The van der Waals surface area contributed by atoms with Crippen LogP contribution in [-0.2, 0) is 6.42 Å². The summed E-state index contributed by atoms with van der Waals surface area (Å²) < 4.78 is 0. The molecule has 1 aliphatic rings. The Morgan fingerprint density at radius 1 is 1.05 bits per heavy atom. The Hall–Kier alpha value is -1.80. The molecule has 3 rings (SSSR count). The normalized spacial score (nSPS) is 15.4. The van der Waals surface area contributed by atoms with Crippen molar-refractivity contribution in [3.63, 3.8) is 0 Å². The van der Waals surface area contributed by atoms with Crippen molar-refractivity contribution in [2.75, 3.05) is 11.4 Å². The lowest BCUT2D eigenvalue weighted by molar-refractivity contribution is 0.697. The van der Waals surface area contributed by atoms with E-state index in [0.29, 0.717) is 0 Å². The first-order valence-electron chi connectivity index (χ1n) is 7.01. The average Bonchev–Trinajstić information content (AvgIpc) is 2.90. The topological polar surface area (TPSA) is 29.3 Å². The maximum atomic E-state index is 6.26. The minimum atomic E-state index is 0.115.